The van der Waals surface area contributed by atoms with E-state index in [2.05, 4.69) is 75.7 Å². The fourth-order valence-electron chi connectivity index (χ4n) is 3.34. The van der Waals surface area contributed by atoms with Gasteiger partial charge in [0, 0.05) is 44.7 Å². The molecule has 152 valence electrons. The fraction of sp³-hybridized carbons (Fsp3) is 0.571. The van der Waals surface area contributed by atoms with Crippen LogP contribution in [0, 0.1) is 0 Å². The predicted molar refractivity (Wildman–Crippen MR) is 113 cm³/mol. The summed E-state index contributed by atoms with van der Waals surface area (Å²) in [4.78, 5) is 11.2. The van der Waals surface area contributed by atoms with Gasteiger partial charge in [-0.1, -0.05) is 31.1 Å². The van der Waals surface area contributed by atoms with Crippen molar-refractivity contribution in [3.05, 3.63) is 41.5 Å². The van der Waals surface area contributed by atoms with Crippen molar-refractivity contribution in [1.82, 2.24) is 20.8 Å². The second-order valence-corrected chi connectivity index (χ2v) is 7.61. The minimum atomic E-state index is 0.157. The maximum atomic E-state index is 5.29. The normalized spacial score (nSPS) is 15.9. The van der Waals surface area contributed by atoms with Crippen molar-refractivity contribution in [2.24, 2.45) is 4.99 Å². The van der Waals surface area contributed by atoms with Gasteiger partial charge >= 0.3 is 0 Å². The standard InChI is InChI=1S/C21H32N6O/c1-15(2)20-25-19(28-26-20)10-11-23-21(22-4)24-16(3)17-8-7-9-18(14-17)27-12-5-6-13-27/h7-9,14-16H,5-6,10-13H2,1-4H3,(H2,22,23,24). The lowest BCUT2D eigenvalue weighted by Crippen LogP contribution is -2.39. The van der Waals surface area contributed by atoms with Crippen LogP contribution in [0.25, 0.3) is 0 Å². The van der Waals surface area contributed by atoms with Crippen LogP contribution in [0.2, 0.25) is 0 Å². The lowest BCUT2D eigenvalue weighted by Gasteiger charge is -2.22. The summed E-state index contributed by atoms with van der Waals surface area (Å²) < 4.78 is 5.29. The minimum absolute atomic E-state index is 0.157. The van der Waals surface area contributed by atoms with Crippen molar-refractivity contribution in [1.29, 1.82) is 0 Å². The first-order valence-electron chi connectivity index (χ1n) is 10.2. The molecular weight excluding hydrogens is 352 g/mol. The van der Waals surface area contributed by atoms with E-state index in [9.17, 15) is 0 Å². The molecule has 0 amide bonds. The lowest BCUT2D eigenvalue weighted by molar-refractivity contribution is 0.371. The first kappa shape index (κ1) is 20.2. The molecule has 3 rings (SSSR count). The van der Waals surface area contributed by atoms with E-state index in [-0.39, 0.29) is 12.0 Å². The molecule has 1 fully saturated rings. The number of hydrogen-bond donors (Lipinski definition) is 2. The molecule has 1 atom stereocenters. The molecule has 0 saturated carbocycles. The molecule has 1 aliphatic heterocycles. The SMILES string of the molecule is CN=C(NCCc1nc(C(C)C)no1)NC(C)c1cccc(N2CCCC2)c1. The molecule has 2 aromatic rings. The average molecular weight is 385 g/mol. The van der Waals surface area contributed by atoms with Crippen LogP contribution in [0.1, 0.15) is 62.9 Å². The highest BCUT2D eigenvalue weighted by atomic mass is 16.5. The van der Waals surface area contributed by atoms with E-state index in [1.54, 1.807) is 7.05 Å². The molecule has 1 aromatic carbocycles. The number of benzene rings is 1. The van der Waals surface area contributed by atoms with Crippen molar-refractivity contribution in [2.45, 2.75) is 52.0 Å². The number of rotatable bonds is 7. The third-order valence-corrected chi connectivity index (χ3v) is 5.05. The van der Waals surface area contributed by atoms with E-state index >= 15 is 0 Å². The summed E-state index contributed by atoms with van der Waals surface area (Å²) in [5.41, 5.74) is 2.56. The molecule has 28 heavy (non-hydrogen) atoms. The maximum Gasteiger partial charge on any atom is 0.228 e. The highest BCUT2D eigenvalue weighted by molar-refractivity contribution is 5.80. The summed E-state index contributed by atoms with van der Waals surface area (Å²) in [6.45, 7) is 9.26. The van der Waals surface area contributed by atoms with Crippen molar-refractivity contribution < 1.29 is 4.52 Å². The Morgan fingerprint density at radius 2 is 2.04 bits per heavy atom. The van der Waals surface area contributed by atoms with Gasteiger partial charge in [-0.15, -0.1) is 0 Å². The monoisotopic (exact) mass is 384 g/mol. The van der Waals surface area contributed by atoms with E-state index in [0.717, 1.165) is 24.9 Å². The molecule has 2 heterocycles. The Hall–Kier alpha value is -2.57. The second-order valence-electron chi connectivity index (χ2n) is 7.61. The summed E-state index contributed by atoms with van der Waals surface area (Å²) in [5, 5.41) is 10.8. The average Bonchev–Trinajstić information content (AvgIpc) is 3.39. The van der Waals surface area contributed by atoms with Gasteiger partial charge in [-0.05, 0) is 37.5 Å². The van der Waals surface area contributed by atoms with Crippen LogP contribution >= 0.6 is 0 Å². The zero-order valence-corrected chi connectivity index (χ0v) is 17.4. The Bertz CT molecular complexity index is 779. The molecule has 7 nitrogen and oxygen atoms in total. The highest BCUT2D eigenvalue weighted by Crippen LogP contribution is 2.23. The number of aliphatic imine (C=N–C) groups is 1. The molecular formula is C21H32N6O. The van der Waals surface area contributed by atoms with Gasteiger partial charge in [0.15, 0.2) is 11.8 Å². The van der Waals surface area contributed by atoms with Crippen LogP contribution in [0.3, 0.4) is 0 Å². The second kappa shape index (κ2) is 9.57. The first-order valence-corrected chi connectivity index (χ1v) is 10.2. The minimum Gasteiger partial charge on any atom is -0.372 e. The van der Waals surface area contributed by atoms with E-state index < -0.39 is 0 Å². The molecule has 1 aliphatic rings. The van der Waals surface area contributed by atoms with Gasteiger partial charge in [0.2, 0.25) is 5.89 Å². The summed E-state index contributed by atoms with van der Waals surface area (Å²) in [6, 6.07) is 8.94. The Morgan fingerprint density at radius 3 is 2.71 bits per heavy atom. The van der Waals surface area contributed by atoms with Crippen molar-refractivity contribution in [2.75, 3.05) is 31.6 Å². The van der Waals surface area contributed by atoms with E-state index in [1.165, 1.54) is 24.1 Å². The summed E-state index contributed by atoms with van der Waals surface area (Å²) in [6.07, 6.45) is 3.24. The van der Waals surface area contributed by atoms with Gasteiger partial charge < -0.3 is 20.1 Å². The third-order valence-electron chi connectivity index (χ3n) is 5.05. The van der Waals surface area contributed by atoms with Gasteiger partial charge in [-0.3, -0.25) is 4.99 Å². The first-order chi connectivity index (χ1) is 13.6. The topological polar surface area (TPSA) is 78.6 Å². The third kappa shape index (κ3) is 5.24. The smallest absolute Gasteiger partial charge is 0.228 e. The Morgan fingerprint density at radius 1 is 1.25 bits per heavy atom. The summed E-state index contributed by atoms with van der Waals surface area (Å²) in [5.74, 6) is 2.45. The molecule has 1 unspecified atom stereocenters. The molecule has 0 bridgehead atoms. The summed E-state index contributed by atoms with van der Waals surface area (Å²) in [7, 11) is 1.78. The Kier molecular flexibility index (Phi) is 6.90. The zero-order chi connectivity index (χ0) is 19.9. The van der Waals surface area contributed by atoms with Crippen LogP contribution in [0.5, 0.6) is 0 Å². The van der Waals surface area contributed by atoms with Gasteiger partial charge in [0.1, 0.15) is 0 Å². The number of hydrogen-bond acceptors (Lipinski definition) is 5. The zero-order valence-electron chi connectivity index (χ0n) is 17.4. The molecule has 0 aliphatic carbocycles. The predicted octanol–water partition coefficient (Wildman–Crippen LogP) is 3.26. The summed E-state index contributed by atoms with van der Waals surface area (Å²) >= 11 is 0. The number of aromatic nitrogens is 2. The van der Waals surface area contributed by atoms with Crippen molar-refractivity contribution in [3.8, 4) is 0 Å². The number of anilines is 1. The largest absolute Gasteiger partial charge is 0.372 e. The van der Waals surface area contributed by atoms with Gasteiger partial charge in [-0.2, -0.15) is 4.98 Å². The van der Waals surface area contributed by atoms with Crippen LogP contribution in [0.4, 0.5) is 5.69 Å². The molecule has 0 spiro atoms. The highest BCUT2D eigenvalue weighted by Gasteiger charge is 2.15. The van der Waals surface area contributed by atoms with Crippen LogP contribution in [-0.4, -0.2) is 42.8 Å². The lowest BCUT2D eigenvalue weighted by atomic mass is 10.1. The number of nitrogens with zero attached hydrogens (tertiary/aromatic N) is 4. The number of guanidine groups is 1. The molecule has 7 heteroatoms. The fourth-order valence-corrected chi connectivity index (χ4v) is 3.34. The van der Waals surface area contributed by atoms with Gasteiger partial charge in [-0.25, -0.2) is 0 Å². The Balaban J connectivity index is 1.51. The molecule has 2 N–H and O–H groups in total. The number of nitrogens with one attached hydrogen (secondary N) is 2. The van der Waals surface area contributed by atoms with Crippen LogP contribution < -0.4 is 15.5 Å². The van der Waals surface area contributed by atoms with Crippen LogP contribution in [0.15, 0.2) is 33.8 Å². The quantitative estimate of drug-likeness (QED) is 0.563. The maximum absolute atomic E-state index is 5.29. The van der Waals surface area contributed by atoms with E-state index in [4.69, 9.17) is 4.52 Å². The molecule has 0 radical (unpaired) electrons. The van der Waals surface area contributed by atoms with Crippen LogP contribution in [-0.2, 0) is 6.42 Å². The Labute approximate surface area is 167 Å². The van der Waals surface area contributed by atoms with E-state index in [0.29, 0.717) is 18.9 Å². The van der Waals surface area contributed by atoms with Crippen molar-refractivity contribution in [3.63, 3.8) is 0 Å². The van der Waals surface area contributed by atoms with Crippen molar-refractivity contribution >= 4 is 11.6 Å². The molecule has 1 saturated heterocycles. The van der Waals surface area contributed by atoms with Gasteiger partial charge in [0.05, 0.1) is 6.04 Å². The van der Waals surface area contributed by atoms with Gasteiger partial charge in [0.25, 0.3) is 0 Å². The van der Waals surface area contributed by atoms with E-state index in [1.807, 2.05) is 0 Å². The molecule has 1 aromatic heterocycles.